The molecule has 0 aliphatic heterocycles. The van der Waals surface area contributed by atoms with Crippen molar-refractivity contribution in [2.24, 2.45) is 5.73 Å². The van der Waals surface area contributed by atoms with Crippen LogP contribution in [0.25, 0.3) is 0 Å². The van der Waals surface area contributed by atoms with Gasteiger partial charge in [-0.15, -0.1) is 5.92 Å². The summed E-state index contributed by atoms with van der Waals surface area (Å²) in [6.07, 6.45) is 0.119. The largest absolute Gasteiger partial charge is 0.489 e. The van der Waals surface area contributed by atoms with Gasteiger partial charge in [0.15, 0.2) is 0 Å². The van der Waals surface area contributed by atoms with Crippen molar-refractivity contribution in [3.05, 3.63) is 29.8 Å². The van der Waals surface area contributed by atoms with Crippen LogP contribution in [0.3, 0.4) is 0 Å². The first-order valence-electron chi connectivity index (χ1n) is 12.5. The van der Waals surface area contributed by atoms with E-state index in [9.17, 15) is 9.59 Å². The van der Waals surface area contributed by atoms with Gasteiger partial charge in [0, 0.05) is 31.6 Å². The van der Waals surface area contributed by atoms with Crippen LogP contribution in [0.4, 0.5) is 0 Å². The fraction of sp³-hybridized carbons (Fsp3) is 0.615. The normalized spacial score (nSPS) is 10.8. The van der Waals surface area contributed by atoms with E-state index >= 15 is 0 Å². The third kappa shape index (κ3) is 18.6. The molecule has 0 aliphatic carbocycles. The first-order chi connectivity index (χ1) is 17.6. The number of nitrogens with two attached hydrogens (primary N) is 1. The molecule has 0 aromatic heterocycles. The molecule has 0 saturated heterocycles. The number of ether oxygens (including phenoxy) is 4. The number of rotatable bonds is 18. The summed E-state index contributed by atoms with van der Waals surface area (Å²) >= 11 is 0. The summed E-state index contributed by atoms with van der Waals surface area (Å²) in [5, 5.41) is 8.67. The molecule has 0 bridgehead atoms. The Kier molecular flexibility index (Phi) is 22.2. The molecule has 1 unspecified atom stereocenters. The number of nitrogens with one attached hydrogen (secondary N) is 3. The molecule has 1 rings (SSSR count). The Balaban J connectivity index is 0.00000596. The van der Waals surface area contributed by atoms with Crippen molar-refractivity contribution in [1.29, 1.82) is 0 Å². The minimum atomic E-state index is -0.678. The van der Waals surface area contributed by atoms with Crippen LogP contribution in [0.2, 0.25) is 0 Å². The Morgan fingerprint density at radius 1 is 1.00 bits per heavy atom. The van der Waals surface area contributed by atoms with Crippen LogP contribution >= 0.6 is 0 Å². The maximum atomic E-state index is 12.2. The number of amides is 2. The minimum Gasteiger partial charge on any atom is -0.489 e. The van der Waals surface area contributed by atoms with E-state index in [1.165, 1.54) is 0 Å². The van der Waals surface area contributed by atoms with Crippen LogP contribution in [0.5, 0.6) is 5.75 Å². The number of hydrogen-bond acceptors (Lipinski definition) is 8. The summed E-state index contributed by atoms with van der Waals surface area (Å²) in [6.45, 7) is 11.7. The lowest BCUT2D eigenvalue weighted by atomic mass is 10.2. The molecule has 2 amide bonds. The molecule has 0 spiro atoms. The van der Waals surface area contributed by atoms with Crippen molar-refractivity contribution >= 4 is 11.8 Å². The fourth-order valence-corrected chi connectivity index (χ4v) is 2.53. The van der Waals surface area contributed by atoms with Crippen molar-refractivity contribution in [3.8, 4) is 17.6 Å². The van der Waals surface area contributed by atoms with Crippen LogP contribution in [-0.4, -0.2) is 83.9 Å². The van der Waals surface area contributed by atoms with E-state index in [4.69, 9.17) is 24.7 Å². The first-order valence-corrected chi connectivity index (χ1v) is 12.5. The Morgan fingerprint density at radius 2 is 1.81 bits per heavy atom. The molecule has 0 saturated carbocycles. The van der Waals surface area contributed by atoms with Crippen LogP contribution in [0.1, 0.15) is 44.5 Å². The average molecular weight is 509 g/mol. The van der Waals surface area contributed by atoms with Crippen molar-refractivity contribution in [2.45, 2.75) is 40.3 Å². The van der Waals surface area contributed by atoms with Gasteiger partial charge in [0.1, 0.15) is 31.8 Å². The lowest BCUT2D eigenvalue weighted by molar-refractivity contribution is -0.126. The van der Waals surface area contributed by atoms with E-state index in [2.05, 4.69) is 27.8 Å². The van der Waals surface area contributed by atoms with E-state index < -0.39 is 6.23 Å². The molecular formula is C26H44N4O6. The smallest absolute Gasteiger partial charge is 0.251 e. The van der Waals surface area contributed by atoms with Crippen LogP contribution in [0, 0.1) is 11.8 Å². The molecule has 36 heavy (non-hydrogen) atoms. The third-order valence-corrected chi connectivity index (χ3v) is 4.19. The highest BCUT2D eigenvalue weighted by atomic mass is 16.6. The fourth-order valence-electron chi connectivity index (χ4n) is 2.53. The van der Waals surface area contributed by atoms with E-state index in [0.29, 0.717) is 44.2 Å². The summed E-state index contributed by atoms with van der Waals surface area (Å²) in [4.78, 5) is 23.8. The summed E-state index contributed by atoms with van der Waals surface area (Å²) in [5.41, 5.74) is 6.39. The lowest BCUT2D eigenvalue weighted by Gasteiger charge is -2.15. The van der Waals surface area contributed by atoms with Crippen LogP contribution in [0.15, 0.2) is 24.3 Å². The van der Waals surface area contributed by atoms with Crippen molar-refractivity contribution in [2.75, 3.05) is 65.8 Å². The van der Waals surface area contributed by atoms with E-state index in [0.717, 1.165) is 13.0 Å². The number of carbonyl (C=O) groups excluding carboxylic acids is 2. The highest BCUT2D eigenvalue weighted by molar-refractivity contribution is 5.94. The summed E-state index contributed by atoms with van der Waals surface area (Å²) in [5.74, 6) is 5.87. The third-order valence-electron chi connectivity index (χ3n) is 4.19. The molecule has 0 heterocycles. The van der Waals surface area contributed by atoms with Gasteiger partial charge in [0.05, 0.1) is 19.8 Å². The standard InChI is InChI=1S/C24H38N4O6.C2H6/c1-3-5-6-13-31-14-12-27-23(29)19-32-15-16-33-22(25)18-34-21-9-7-8-20(17-21)24(30)28-11-10-26-4-2;1-2/h7-9,17,22,26H,3-4,10-16,18-19,25H2,1-2H3,(H,27,29)(H,28,30);1-2H3. The van der Waals surface area contributed by atoms with Gasteiger partial charge in [-0.1, -0.05) is 39.7 Å². The van der Waals surface area contributed by atoms with Gasteiger partial charge in [-0.2, -0.15) is 0 Å². The maximum Gasteiger partial charge on any atom is 0.251 e. The Bertz CT molecular complexity index is 766. The van der Waals surface area contributed by atoms with Crippen LogP contribution in [-0.2, 0) is 19.0 Å². The van der Waals surface area contributed by atoms with Gasteiger partial charge >= 0.3 is 0 Å². The van der Waals surface area contributed by atoms with Gasteiger partial charge in [0.2, 0.25) is 5.91 Å². The Morgan fingerprint density at radius 3 is 2.56 bits per heavy atom. The molecule has 1 atom stereocenters. The van der Waals surface area contributed by atoms with Crippen molar-refractivity contribution < 1.29 is 28.5 Å². The van der Waals surface area contributed by atoms with E-state index in [-0.39, 0.29) is 38.2 Å². The molecular weight excluding hydrogens is 464 g/mol. The highest BCUT2D eigenvalue weighted by Crippen LogP contribution is 2.13. The summed E-state index contributed by atoms with van der Waals surface area (Å²) < 4.78 is 21.6. The zero-order valence-electron chi connectivity index (χ0n) is 22.2. The quantitative estimate of drug-likeness (QED) is 0.132. The zero-order valence-corrected chi connectivity index (χ0v) is 22.2. The molecule has 1 aromatic carbocycles. The molecule has 0 fully saturated rings. The molecule has 10 heteroatoms. The molecule has 1 aromatic rings. The Hall–Kier alpha value is -2.68. The number of likely N-dealkylation sites (N-methyl/N-ethyl adjacent to an activating group) is 1. The van der Waals surface area contributed by atoms with Crippen molar-refractivity contribution in [3.63, 3.8) is 0 Å². The lowest BCUT2D eigenvalue weighted by Crippen LogP contribution is -2.33. The van der Waals surface area contributed by atoms with E-state index in [1.807, 2.05) is 27.7 Å². The van der Waals surface area contributed by atoms with Crippen molar-refractivity contribution in [1.82, 2.24) is 16.0 Å². The van der Waals surface area contributed by atoms with Gasteiger partial charge in [0.25, 0.3) is 5.91 Å². The average Bonchev–Trinajstić information content (AvgIpc) is 2.90. The molecule has 0 radical (unpaired) electrons. The second kappa shape index (κ2) is 24.0. The first kappa shape index (κ1) is 33.3. The molecule has 10 nitrogen and oxygen atoms in total. The maximum absolute atomic E-state index is 12.2. The summed E-state index contributed by atoms with van der Waals surface area (Å²) in [7, 11) is 0. The van der Waals surface area contributed by atoms with Gasteiger partial charge in [-0.25, -0.2) is 0 Å². The second-order valence-corrected chi connectivity index (χ2v) is 7.02. The minimum absolute atomic E-state index is 0.0753. The van der Waals surface area contributed by atoms with Gasteiger partial charge < -0.3 is 40.6 Å². The number of benzene rings is 1. The molecule has 0 aliphatic rings. The predicted octanol–water partition coefficient (Wildman–Crippen LogP) is 1.30. The van der Waals surface area contributed by atoms with Crippen LogP contribution < -0.4 is 26.4 Å². The topological polar surface area (TPSA) is 133 Å². The van der Waals surface area contributed by atoms with E-state index in [1.54, 1.807) is 24.3 Å². The monoisotopic (exact) mass is 508 g/mol. The molecule has 204 valence electrons. The SMILES string of the molecule is CC.CCC#CCOCCNC(=O)COCCOC(N)COc1cccc(C(=O)NCCNCC)c1. The van der Waals surface area contributed by atoms with Gasteiger partial charge in [-0.3, -0.25) is 9.59 Å². The number of hydrogen-bond donors (Lipinski definition) is 4. The number of carbonyl (C=O) groups is 2. The molecule has 5 N–H and O–H groups in total. The van der Waals surface area contributed by atoms with Gasteiger partial charge in [-0.05, 0) is 24.7 Å². The highest BCUT2D eigenvalue weighted by Gasteiger charge is 2.08. The summed E-state index contributed by atoms with van der Waals surface area (Å²) in [6, 6.07) is 6.86. The predicted molar refractivity (Wildman–Crippen MR) is 141 cm³/mol. The Labute approximate surface area is 216 Å². The second-order valence-electron chi connectivity index (χ2n) is 7.02. The zero-order chi connectivity index (χ0) is 26.9.